The van der Waals surface area contributed by atoms with E-state index in [2.05, 4.69) is 26.6 Å². The number of benzene rings is 1. The Morgan fingerprint density at radius 2 is 1.80 bits per heavy atom. The van der Waals surface area contributed by atoms with Crippen LogP contribution in [0, 0.1) is 5.92 Å². The first-order valence-electron chi connectivity index (χ1n) is 6.29. The van der Waals surface area contributed by atoms with Gasteiger partial charge in [-0.3, -0.25) is 9.59 Å². The van der Waals surface area contributed by atoms with Gasteiger partial charge in [-0.05, 0) is 37.1 Å². The Morgan fingerprint density at radius 1 is 1.25 bits per heavy atom. The van der Waals surface area contributed by atoms with Crippen molar-refractivity contribution in [3.05, 3.63) is 28.7 Å². The molecule has 0 saturated carbocycles. The van der Waals surface area contributed by atoms with Gasteiger partial charge in [-0.15, -0.1) is 0 Å². The van der Waals surface area contributed by atoms with Gasteiger partial charge in [0.1, 0.15) is 0 Å². The van der Waals surface area contributed by atoms with E-state index in [0.29, 0.717) is 5.69 Å². The van der Waals surface area contributed by atoms with Gasteiger partial charge in [-0.2, -0.15) is 0 Å². The van der Waals surface area contributed by atoms with Crippen molar-refractivity contribution in [3.8, 4) is 0 Å². The Morgan fingerprint density at radius 3 is 2.30 bits per heavy atom. The molecule has 0 heterocycles. The van der Waals surface area contributed by atoms with Crippen molar-refractivity contribution in [3.63, 3.8) is 0 Å². The fourth-order valence-electron chi connectivity index (χ4n) is 1.26. The van der Waals surface area contributed by atoms with Crippen molar-refractivity contribution in [2.45, 2.75) is 26.4 Å². The molecule has 3 N–H and O–H groups in total. The van der Waals surface area contributed by atoms with Crippen LogP contribution in [0.5, 0.6) is 0 Å². The molecule has 0 bridgehead atoms. The van der Waals surface area contributed by atoms with Crippen molar-refractivity contribution in [2.24, 2.45) is 5.92 Å². The van der Waals surface area contributed by atoms with E-state index >= 15 is 0 Å². The molecule has 0 aliphatic heterocycles. The zero-order chi connectivity index (χ0) is 15.3. The van der Waals surface area contributed by atoms with Gasteiger partial charge in [0.15, 0.2) is 0 Å². The van der Waals surface area contributed by atoms with E-state index in [-0.39, 0.29) is 12.5 Å². The van der Waals surface area contributed by atoms with Gasteiger partial charge in [-0.1, -0.05) is 29.8 Å². The van der Waals surface area contributed by atoms with Crippen LogP contribution in [0.3, 0.4) is 0 Å². The van der Waals surface area contributed by atoms with Crippen LogP contribution in [0.25, 0.3) is 0 Å². The van der Waals surface area contributed by atoms with Crippen molar-refractivity contribution >= 4 is 33.4 Å². The molecule has 0 aliphatic carbocycles. The molecule has 0 radical (unpaired) electrons. The maximum Gasteiger partial charge on any atom is 0.313 e. The molecule has 1 aromatic carbocycles. The molecule has 1 aromatic rings. The number of rotatable bonds is 4. The second-order valence-corrected chi connectivity index (χ2v) is 6.07. The lowest BCUT2D eigenvalue weighted by Gasteiger charge is -2.27. The van der Waals surface area contributed by atoms with Gasteiger partial charge in [0.05, 0.1) is 5.60 Å². The zero-order valence-corrected chi connectivity index (χ0v) is 13.3. The van der Waals surface area contributed by atoms with E-state index in [1.807, 2.05) is 13.8 Å². The minimum absolute atomic E-state index is 0.0251. The molecule has 6 heteroatoms. The monoisotopic (exact) mass is 342 g/mol. The third-order valence-electron chi connectivity index (χ3n) is 3.16. The second-order valence-electron chi connectivity index (χ2n) is 5.16. The first-order chi connectivity index (χ1) is 9.22. The van der Waals surface area contributed by atoms with Gasteiger partial charge >= 0.3 is 11.8 Å². The molecule has 0 aliphatic rings. The Labute approximate surface area is 126 Å². The minimum atomic E-state index is -1.05. The van der Waals surface area contributed by atoms with E-state index in [1.54, 1.807) is 31.2 Å². The van der Waals surface area contributed by atoms with Gasteiger partial charge < -0.3 is 15.7 Å². The first-order valence-corrected chi connectivity index (χ1v) is 7.09. The smallest absolute Gasteiger partial charge is 0.313 e. The number of anilines is 1. The number of carbonyl (C=O) groups is 2. The molecule has 1 unspecified atom stereocenters. The molecular weight excluding hydrogens is 324 g/mol. The van der Waals surface area contributed by atoms with Gasteiger partial charge in [0, 0.05) is 16.7 Å². The summed E-state index contributed by atoms with van der Waals surface area (Å²) < 4.78 is 0.882. The van der Waals surface area contributed by atoms with Crippen LogP contribution in [0.15, 0.2) is 28.7 Å². The van der Waals surface area contributed by atoms with Crippen LogP contribution in [-0.4, -0.2) is 29.1 Å². The summed E-state index contributed by atoms with van der Waals surface area (Å²) >= 11 is 3.28. The van der Waals surface area contributed by atoms with Crippen molar-refractivity contribution < 1.29 is 14.7 Å². The number of halogens is 1. The van der Waals surface area contributed by atoms with Crippen molar-refractivity contribution in [2.75, 3.05) is 11.9 Å². The van der Waals surface area contributed by atoms with E-state index in [9.17, 15) is 14.7 Å². The van der Waals surface area contributed by atoms with Crippen LogP contribution in [0.1, 0.15) is 20.8 Å². The molecule has 0 spiro atoms. The van der Waals surface area contributed by atoms with E-state index < -0.39 is 17.4 Å². The summed E-state index contributed by atoms with van der Waals surface area (Å²) in [5, 5.41) is 14.9. The highest BCUT2D eigenvalue weighted by molar-refractivity contribution is 9.10. The van der Waals surface area contributed by atoms with E-state index in [1.165, 1.54) is 0 Å². The van der Waals surface area contributed by atoms with Crippen LogP contribution >= 0.6 is 15.9 Å². The van der Waals surface area contributed by atoms with E-state index in [4.69, 9.17) is 0 Å². The zero-order valence-electron chi connectivity index (χ0n) is 11.7. The Balaban J connectivity index is 2.52. The maximum atomic E-state index is 11.7. The normalized spacial score (nSPS) is 13.7. The summed E-state index contributed by atoms with van der Waals surface area (Å²) in [5.74, 6) is -1.56. The summed E-state index contributed by atoms with van der Waals surface area (Å²) in [6.45, 7) is 5.32. The average Bonchev–Trinajstić information content (AvgIpc) is 2.38. The minimum Gasteiger partial charge on any atom is -0.388 e. The molecule has 0 saturated heterocycles. The fraction of sp³-hybridized carbons (Fsp3) is 0.429. The predicted molar refractivity (Wildman–Crippen MR) is 81.2 cm³/mol. The SMILES string of the molecule is CC(C)C(C)(O)CNC(=O)C(=O)Nc1ccc(Br)cc1. The van der Waals surface area contributed by atoms with Crippen molar-refractivity contribution in [1.29, 1.82) is 0 Å². The Bertz CT molecular complexity index is 484. The lowest BCUT2D eigenvalue weighted by Crippen LogP contribution is -2.47. The van der Waals surface area contributed by atoms with Gasteiger partial charge in [-0.25, -0.2) is 0 Å². The molecule has 20 heavy (non-hydrogen) atoms. The molecule has 5 nitrogen and oxygen atoms in total. The highest BCUT2D eigenvalue weighted by atomic mass is 79.9. The summed E-state index contributed by atoms with van der Waals surface area (Å²) in [6, 6.07) is 6.88. The molecule has 1 atom stereocenters. The quantitative estimate of drug-likeness (QED) is 0.731. The molecule has 0 aromatic heterocycles. The highest BCUT2D eigenvalue weighted by Crippen LogP contribution is 2.15. The molecular formula is C14H19BrN2O3. The van der Waals surface area contributed by atoms with Gasteiger partial charge in [0.2, 0.25) is 0 Å². The Hall–Kier alpha value is -1.40. The molecule has 110 valence electrons. The van der Waals surface area contributed by atoms with Crippen LogP contribution in [0.4, 0.5) is 5.69 Å². The molecule has 1 rings (SSSR count). The number of amides is 2. The summed E-state index contributed by atoms with van der Waals surface area (Å²) in [4.78, 5) is 23.3. The largest absolute Gasteiger partial charge is 0.388 e. The predicted octanol–water partition coefficient (Wildman–Crippen LogP) is 1.91. The van der Waals surface area contributed by atoms with Crippen LogP contribution in [-0.2, 0) is 9.59 Å². The lowest BCUT2D eigenvalue weighted by molar-refractivity contribution is -0.137. The van der Waals surface area contributed by atoms with Crippen LogP contribution < -0.4 is 10.6 Å². The summed E-state index contributed by atoms with van der Waals surface area (Å²) in [5.41, 5.74) is -0.517. The standard InChI is InChI=1S/C14H19BrN2O3/c1-9(2)14(3,20)8-16-12(18)13(19)17-11-6-4-10(15)5-7-11/h4-7,9,20H,8H2,1-3H3,(H,16,18)(H,17,19). The lowest BCUT2D eigenvalue weighted by atomic mass is 9.92. The summed E-state index contributed by atoms with van der Waals surface area (Å²) in [6.07, 6.45) is 0. The van der Waals surface area contributed by atoms with E-state index in [0.717, 1.165) is 4.47 Å². The number of nitrogens with one attached hydrogen (secondary N) is 2. The fourth-order valence-corrected chi connectivity index (χ4v) is 1.53. The van der Waals surface area contributed by atoms with Crippen molar-refractivity contribution in [1.82, 2.24) is 5.32 Å². The second kappa shape index (κ2) is 6.85. The number of hydrogen-bond acceptors (Lipinski definition) is 3. The third kappa shape index (κ3) is 4.94. The maximum absolute atomic E-state index is 11.7. The summed E-state index contributed by atoms with van der Waals surface area (Å²) in [7, 11) is 0. The number of aliphatic hydroxyl groups is 1. The molecule has 0 fully saturated rings. The Kier molecular flexibility index (Phi) is 5.71. The third-order valence-corrected chi connectivity index (χ3v) is 3.69. The van der Waals surface area contributed by atoms with Crippen LogP contribution in [0.2, 0.25) is 0 Å². The first kappa shape index (κ1) is 16.7. The van der Waals surface area contributed by atoms with Gasteiger partial charge in [0.25, 0.3) is 0 Å². The number of hydrogen-bond donors (Lipinski definition) is 3. The molecule has 2 amide bonds. The topological polar surface area (TPSA) is 78.4 Å². The number of carbonyl (C=O) groups excluding carboxylic acids is 2. The average molecular weight is 343 g/mol. The highest BCUT2D eigenvalue weighted by Gasteiger charge is 2.26.